The molecule has 0 aliphatic heterocycles. The summed E-state index contributed by atoms with van der Waals surface area (Å²) >= 11 is 0. The van der Waals surface area contributed by atoms with E-state index in [0.29, 0.717) is 22.5 Å². The van der Waals surface area contributed by atoms with Gasteiger partial charge in [0.05, 0.1) is 22.4 Å². The quantitative estimate of drug-likeness (QED) is 0.734. The molecule has 0 saturated heterocycles. The van der Waals surface area contributed by atoms with Crippen molar-refractivity contribution in [3.8, 4) is 5.75 Å². The Bertz CT molecular complexity index is 984. The molecular weight excluding hydrogens is 332 g/mol. The zero-order chi connectivity index (χ0) is 18.7. The van der Waals surface area contributed by atoms with E-state index in [9.17, 15) is 9.59 Å². The number of amides is 2. The van der Waals surface area contributed by atoms with Crippen LogP contribution >= 0.6 is 0 Å². The van der Waals surface area contributed by atoms with Crippen molar-refractivity contribution < 1.29 is 14.3 Å². The van der Waals surface area contributed by atoms with Gasteiger partial charge in [-0.15, -0.1) is 0 Å². The Morgan fingerprint density at radius 3 is 2.31 bits per heavy atom. The van der Waals surface area contributed by atoms with Gasteiger partial charge in [-0.2, -0.15) is 0 Å². The van der Waals surface area contributed by atoms with E-state index in [1.807, 2.05) is 13.8 Å². The van der Waals surface area contributed by atoms with Crippen molar-refractivity contribution in [2.24, 2.45) is 5.73 Å². The molecule has 0 atom stereocenters. The van der Waals surface area contributed by atoms with Gasteiger partial charge in [0.15, 0.2) is 6.61 Å². The zero-order valence-corrected chi connectivity index (χ0v) is 14.4. The summed E-state index contributed by atoms with van der Waals surface area (Å²) in [5.74, 6) is -0.307. The monoisotopic (exact) mass is 350 g/mol. The molecule has 2 aromatic carbocycles. The van der Waals surface area contributed by atoms with Crippen LogP contribution < -0.4 is 15.8 Å². The van der Waals surface area contributed by atoms with Crippen molar-refractivity contribution in [1.82, 2.24) is 9.97 Å². The average molecular weight is 350 g/mol. The van der Waals surface area contributed by atoms with Crippen molar-refractivity contribution in [2.75, 3.05) is 11.9 Å². The fourth-order valence-electron chi connectivity index (χ4n) is 2.36. The van der Waals surface area contributed by atoms with Gasteiger partial charge in [0.2, 0.25) is 0 Å². The molecule has 2 amide bonds. The molecule has 0 bridgehead atoms. The number of rotatable bonds is 5. The van der Waals surface area contributed by atoms with Crippen LogP contribution in [0.15, 0.2) is 42.5 Å². The highest BCUT2D eigenvalue weighted by molar-refractivity contribution is 6.05. The molecule has 1 aromatic heterocycles. The van der Waals surface area contributed by atoms with Crippen molar-refractivity contribution in [3.05, 3.63) is 59.4 Å². The highest BCUT2D eigenvalue weighted by atomic mass is 16.5. The van der Waals surface area contributed by atoms with E-state index in [-0.39, 0.29) is 12.5 Å². The highest BCUT2D eigenvalue weighted by Gasteiger charge is 2.09. The number of aromatic nitrogens is 2. The van der Waals surface area contributed by atoms with Crippen LogP contribution in [0.25, 0.3) is 11.0 Å². The number of nitrogens with one attached hydrogen (secondary N) is 1. The van der Waals surface area contributed by atoms with Crippen molar-refractivity contribution in [2.45, 2.75) is 13.8 Å². The fraction of sp³-hybridized carbons (Fsp3) is 0.158. The van der Waals surface area contributed by atoms with E-state index in [2.05, 4.69) is 15.3 Å². The lowest BCUT2D eigenvalue weighted by Crippen LogP contribution is -2.20. The van der Waals surface area contributed by atoms with Crippen LogP contribution in [0.4, 0.5) is 5.69 Å². The number of fused-ring (bicyclic) bond motifs is 1. The van der Waals surface area contributed by atoms with E-state index < -0.39 is 5.91 Å². The number of hydrogen-bond donors (Lipinski definition) is 2. The zero-order valence-electron chi connectivity index (χ0n) is 14.4. The second kappa shape index (κ2) is 7.18. The molecule has 3 rings (SSSR count). The Labute approximate surface area is 150 Å². The maximum absolute atomic E-state index is 12.5. The third-order valence-corrected chi connectivity index (χ3v) is 3.83. The number of benzene rings is 2. The van der Waals surface area contributed by atoms with Gasteiger partial charge in [0.25, 0.3) is 11.8 Å². The molecule has 0 fully saturated rings. The summed E-state index contributed by atoms with van der Waals surface area (Å²) in [6.45, 7) is 3.60. The van der Waals surface area contributed by atoms with Crippen LogP contribution in [0.2, 0.25) is 0 Å². The second-order valence-corrected chi connectivity index (χ2v) is 5.83. The Morgan fingerprint density at radius 2 is 1.65 bits per heavy atom. The van der Waals surface area contributed by atoms with Gasteiger partial charge in [0.1, 0.15) is 5.75 Å². The second-order valence-electron chi connectivity index (χ2n) is 5.83. The summed E-state index contributed by atoms with van der Waals surface area (Å²) < 4.78 is 5.18. The molecule has 0 radical (unpaired) electrons. The Morgan fingerprint density at radius 1 is 1.00 bits per heavy atom. The predicted octanol–water partition coefficient (Wildman–Crippen LogP) is 2.36. The van der Waals surface area contributed by atoms with Crippen LogP contribution in [0, 0.1) is 13.8 Å². The van der Waals surface area contributed by atoms with Gasteiger partial charge in [-0.05, 0) is 56.3 Å². The maximum Gasteiger partial charge on any atom is 0.255 e. The normalized spacial score (nSPS) is 10.5. The smallest absolute Gasteiger partial charge is 0.255 e. The molecular formula is C19H18N4O3. The number of nitrogens with two attached hydrogens (primary N) is 1. The topological polar surface area (TPSA) is 107 Å². The summed E-state index contributed by atoms with van der Waals surface area (Å²) in [6.07, 6.45) is 0. The van der Waals surface area contributed by atoms with Crippen molar-refractivity contribution in [3.63, 3.8) is 0 Å². The number of carbonyl (C=O) groups excluding carboxylic acids is 2. The number of nitrogens with zero attached hydrogens (tertiary/aromatic N) is 2. The lowest BCUT2D eigenvalue weighted by atomic mass is 10.1. The standard InChI is InChI=1S/C19H18N4O3/c1-11-12(2)22-17-9-13(3-8-16(17)21-11)19(25)23-14-4-6-15(7-5-14)26-10-18(20)24/h3-9H,10H2,1-2H3,(H2,20,24)(H,23,25). The minimum atomic E-state index is -0.549. The minimum Gasteiger partial charge on any atom is -0.484 e. The van der Waals surface area contributed by atoms with Gasteiger partial charge in [-0.25, -0.2) is 9.97 Å². The summed E-state index contributed by atoms with van der Waals surface area (Å²) in [5.41, 5.74) is 9.25. The lowest BCUT2D eigenvalue weighted by Gasteiger charge is -2.08. The average Bonchev–Trinajstić information content (AvgIpc) is 2.61. The number of hydrogen-bond acceptors (Lipinski definition) is 5. The van der Waals surface area contributed by atoms with Crippen LogP contribution in [0.3, 0.4) is 0 Å². The van der Waals surface area contributed by atoms with E-state index in [4.69, 9.17) is 10.5 Å². The SMILES string of the molecule is Cc1nc2ccc(C(=O)Nc3ccc(OCC(N)=O)cc3)cc2nc1C. The van der Waals surface area contributed by atoms with Crippen molar-refractivity contribution in [1.29, 1.82) is 0 Å². The van der Waals surface area contributed by atoms with E-state index in [1.54, 1.807) is 42.5 Å². The lowest BCUT2D eigenvalue weighted by molar-refractivity contribution is -0.119. The first-order valence-electron chi connectivity index (χ1n) is 8.00. The summed E-state index contributed by atoms with van der Waals surface area (Å²) in [6, 6.07) is 11.9. The molecule has 26 heavy (non-hydrogen) atoms. The highest BCUT2D eigenvalue weighted by Crippen LogP contribution is 2.18. The van der Waals surface area contributed by atoms with Crippen LogP contribution in [0.1, 0.15) is 21.7 Å². The molecule has 7 nitrogen and oxygen atoms in total. The number of primary amides is 1. The van der Waals surface area contributed by atoms with E-state index in [0.717, 1.165) is 16.9 Å². The molecule has 3 aromatic rings. The molecule has 0 saturated carbocycles. The fourth-order valence-corrected chi connectivity index (χ4v) is 2.36. The Kier molecular flexibility index (Phi) is 4.79. The van der Waals surface area contributed by atoms with Crippen LogP contribution in [-0.2, 0) is 4.79 Å². The number of aryl methyl sites for hydroxylation is 2. The third-order valence-electron chi connectivity index (χ3n) is 3.83. The molecule has 0 spiro atoms. The first kappa shape index (κ1) is 17.3. The summed E-state index contributed by atoms with van der Waals surface area (Å²) in [5, 5.41) is 2.81. The van der Waals surface area contributed by atoms with E-state index in [1.165, 1.54) is 0 Å². The summed E-state index contributed by atoms with van der Waals surface area (Å²) in [7, 11) is 0. The van der Waals surface area contributed by atoms with Crippen molar-refractivity contribution >= 4 is 28.5 Å². The molecule has 1 heterocycles. The van der Waals surface area contributed by atoms with Gasteiger partial charge in [-0.1, -0.05) is 0 Å². The molecule has 0 aliphatic rings. The van der Waals surface area contributed by atoms with Gasteiger partial charge < -0.3 is 15.8 Å². The van der Waals surface area contributed by atoms with Crippen LogP contribution in [0.5, 0.6) is 5.75 Å². The molecule has 132 valence electrons. The number of anilines is 1. The van der Waals surface area contributed by atoms with Crippen LogP contribution in [-0.4, -0.2) is 28.4 Å². The van der Waals surface area contributed by atoms with Gasteiger partial charge in [0, 0.05) is 11.3 Å². The third kappa shape index (κ3) is 3.94. The Hall–Kier alpha value is -3.48. The summed E-state index contributed by atoms with van der Waals surface area (Å²) in [4.78, 5) is 32.1. The Balaban J connectivity index is 1.74. The largest absolute Gasteiger partial charge is 0.484 e. The minimum absolute atomic E-state index is 0.192. The number of ether oxygens (including phenoxy) is 1. The van der Waals surface area contributed by atoms with Gasteiger partial charge in [-0.3, -0.25) is 9.59 Å². The van der Waals surface area contributed by atoms with Gasteiger partial charge >= 0.3 is 0 Å². The predicted molar refractivity (Wildman–Crippen MR) is 98.1 cm³/mol. The molecule has 3 N–H and O–H groups in total. The molecule has 0 aliphatic carbocycles. The number of carbonyl (C=O) groups is 2. The first-order valence-corrected chi connectivity index (χ1v) is 8.00. The maximum atomic E-state index is 12.5. The molecule has 0 unspecified atom stereocenters. The molecule has 7 heteroatoms. The van der Waals surface area contributed by atoms with E-state index >= 15 is 0 Å². The first-order chi connectivity index (χ1) is 12.4.